The van der Waals surface area contributed by atoms with Gasteiger partial charge in [-0.05, 0) is 47.7 Å². The van der Waals surface area contributed by atoms with Crippen molar-refractivity contribution in [2.75, 3.05) is 6.61 Å². The topological polar surface area (TPSA) is 34.4 Å². The Labute approximate surface area is 177 Å². The van der Waals surface area contributed by atoms with E-state index in [1.165, 1.54) is 16.7 Å². The van der Waals surface area contributed by atoms with Crippen molar-refractivity contribution in [3.05, 3.63) is 108 Å². The maximum Gasteiger partial charge on any atom is 0.133 e. The van der Waals surface area contributed by atoms with Crippen LogP contribution in [0.3, 0.4) is 0 Å². The number of furan rings is 1. The van der Waals surface area contributed by atoms with Crippen LogP contribution in [0.1, 0.15) is 35.4 Å². The molecule has 1 saturated heterocycles. The first-order valence-electron chi connectivity index (χ1n) is 10.8. The van der Waals surface area contributed by atoms with Crippen LogP contribution in [0.2, 0.25) is 0 Å². The minimum Gasteiger partial charge on any atom is -0.464 e. The standard InChI is InChI=1S/C27H27NO2/c1-3-7-21(8-4-1)27(22-9-5-2-6-10-22)26-14-12-24(19-30-26)28-18-20-11-13-25-23(17-20)15-16-29-25/h1-11,13,15-17,24,26-28H,12,14,18-19H2/t24-,26-/m0/s1. The Bertz CT molecular complexity index is 1030. The summed E-state index contributed by atoms with van der Waals surface area (Å²) in [5.74, 6) is 0.275. The molecule has 0 spiro atoms. The number of hydrogen-bond donors (Lipinski definition) is 1. The molecule has 0 radical (unpaired) electrons. The highest BCUT2D eigenvalue weighted by Gasteiger charge is 2.30. The molecule has 2 atom stereocenters. The highest BCUT2D eigenvalue weighted by Crippen LogP contribution is 2.34. The second-order valence-electron chi connectivity index (χ2n) is 8.12. The second-order valence-corrected chi connectivity index (χ2v) is 8.12. The summed E-state index contributed by atoms with van der Waals surface area (Å²) in [6.07, 6.45) is 4.12. The molecule has 0 amide bonds. The summed E-state index contributed by atoms with van der Waals surface area (Å²) in [6.45, 7) is 1.59. The van der Waals surface area contributed by atoms with Crippen LogP contribution in [-0.2, 0) is 11.3 Å². The molecule has 152 valence electrons. The molecule has 3 heteroatoms. The summed E-state index contributed by atoms with van der Waals surface area (Å²) in [4.78, 5) is 0. The van der Waals surface area contributed by atoms with Gasteiger partial charge >= 0.3 is 0 Å². The van der Waals surface area contributed by atoms with Gasteiger partial charge in [0, 0.05) is 23.9 Å². The molecule has 0 aliphatic carbocycles. The fraction of sp³-hybridized carbons (Fsp3) is 0.259. The molecule has 1 aromatic heterocycles. The third-order valence-corrected chi connectivity index (χ3v) is 6.11. The van der Waals surface area contributed by atoms with Gasteiger partial charge in [0.2, 0.25) is 0 Å². The number of hydrogen-bond acceptors (Lipinski definition) is 3. The number of fused-ring (bicyclic) bond motifs is 1. The molecular weight excluding hydrogens is 370 g/mol. The van der Waals surface area contributed by atoms with E-state index in [1.54, 1.807) is 6.26 Å². The van der Waals surface area contributed by atoms with Crippen molar-refractivity contribution in [2.24, 2.45) is 0 Å². The number of nitrogens with one attached hydrogen (secondary N) is 1. The molecule has 2 heterocycles. The molecule has 1 fully saturated rings. The second kappa shape index (κ2) is 8.86. The Balaban J connectivity index is 1.23. The summed E-state index contributed by atoms with van der Waals surface area (Å²) in [6, 6.07) is 30.3. The average molecular weight is 398 g/mol. The third kappa shape index (κ3) is 4.18. The van der Waals surface area contributed by atoms with E-state index in [9.17, 15) is 0 Å². The normalized spacial score (nSPS) is 19.4. The zero-order chi connectivity index (χ0) is 20.2. The van der Waals surface area contributed by atoms with E-state index in [1.807, 2.05) is 12.1 Å². The molecule has 30 heavy (non-hydrogen) atoms. The number of ether oxygens (including phenoxy) is 1. The maximum absolute atomic E-state index is 6.43. The Hall–Kier alpha value is -2.88. The van der Waals surface area contributed by atoms with Crippen LogP contribution >= 0.6 is 0 Å². The highest BCUT2D eigenvalue weighted by molar-refractivity contribution is 5.77. The summed E-state index contributed by atoms with van der Waals surface area (Å²) in [7, 11) is 0. The van der Waals surface area contributed by atoms with Gasteiger partial charge in [-0.2, -0.15) is 0 Å². The van der Waals surface area contributed by atoms with Crippen LogP contribution < -0.4 is 5.32 Å². The monoisotopic (exact) mass is 397 g/mol. The SMILES string of the molecule is c1ccc(C(c2ccccc2)[C@@H]2CC[C@H](NCc3ccc4occc4c3)CO2)cc1. The molecule has 0 unspecified atom stereocenters. The van der Waals surface area contributed by atoms with Gasteiger partial charge in [0.05, 0.1) is 19.0 Å². The Morgan fingerprint density at radius 2 is 1.57 bits per heavy atom. The fourth-order valence-electron chi connectivity index (χ4n) is 4.53. The molecule has 4 aromatic rings. The fourth-order valence-corrected chi connectivity index (χ4v) is 4.53. The van der Waals surface area contributed by atoms with E-state index in [4.69, 9.17) is 9.15 Å². The van der Waals surface area contributed by atoms with E-state index in [2.05, 4.69) is 78.1 Å². The zero-order valence-electron chi connectivity index (χ0n) is 17.0. The quantitative estimate of drug-likeness (QED) is 0.440. The largest absolute Gasteiger partial charge is 0.464 e. The molecule has 0 saturated carbocycles. The van der Waals surface area contributed by atoms with Crippen LogP contribution in [0.25, 0.3) is 11.0 Å². The zero-order valence-corrected chi connectivity index (χ0v) is 17.0. The molecule has 5 rings (SSSR count). The van der Waals surface area contributed by atoms with Gasteiger partial charge in [0.1, 0.15) is 5.58 Å². The summed E-state index contributed by atoms with van der Waals surface area (Å²) in [5, 5.41) is 4.83. The first-order chi connectivity index (χ1) is 14.9. The van der Waals surface area contributed by atoms with Crippen molar-refractivity contribution in [3.63, 3.8) is 0 Å². The van der Waals surface area contributed by atoms with E-state index in [0.29, 0.717) is 6.04 Å². The van der Waals surface area contributed by atoms with Gasteiger partial charge in [-0.3, -0.25) is 0 Å². The first kappa shape index (κ1) is 19.1. The lowest BCUT2D eigenvalue weighted by molar-refractivity contribution is -0.0116. The third-order valence-electron chi connectivity index (χ3n) is 6.11. The average Bonchev–Trinajstić information content (AvgIpc) is 3.28. The Morgan fingerprint density at radius 3 is 2.23 bits per heavy atom. The summed E-state index contributed by atoms with van der Waals surface area (Å²) >= 11 is 0. The van der Waals surface area contributed by atoms with E-state index in [-0.39, 0.29) is 12.0 Å². The van der Waals surface area contributed by atoms with Crippen LogP contribution in [0, 0.1) is 0 Å². The van der Waals surface area contributed by atoms with E-state index >= 15 is 0 Å². The van der Waals surface area contributed by atoms with Gasteiger partial charge in [-0.25, -0.2) is 0 Å². The lowest BCUT2D eigenvalue weighted by Gasteiger charge is -2.35. The van der Waals surface area contributed by atoms with Gasteiger partial charge in [0.25, 0.3) is 0 Å². The van der Waals surface area contributed by atoms with E-state index < -0.39 is 0 Å². The van der Waals surface area contributed by atoms with Crippen LogP contribution in [-0.4, -0.2) is 18.8 Å². The van der Waals surface area contributed by atoms with Crippen molar-refractivity contribution in [3.8, 4) is 0 Å². The predicted molar refractivity (Wildman–Crippen MR) is 121 cm³/mol. The maximum atomic E-state index is 6.43. The Kier molecular flexibility index (Phi) is 5.65. The molecule has 3 aromatic carbocycles. The van der Waals surface area contributed by atoms with Gasteiger partial charge in [-0.15, -0.1) is 0 Å². The highest BCUT2D eigenvalue weighted by atomic mass is 16.5. The minimum absolute atomic E-state index is 0.204. The summed E-state index contributed by atoms with van der Waals surface area (Å²) < 4.78 is 11.9. The summed E-state index contributed by atoms with van der Waals surface area (Å²) in [5.41, 5.74) is 4.87. The molecule has 1 aliphatic heterocycles. The van der Waals surface area contributed by atoms with Crippen molar-refractivity contribution >= 4 is 11.0 Å². The van der Waals surface area contributed by atoms with Gasteiger partial charge in [-0.1, -0.05) is 66.7 Å². The lowest BCUT2D eigenvalue weighted by atomic mass is 9.83. The molecule has 1 N–H and O–H groups in total. The molecule has 3 nitrogen and oxygen atoms in total. The van der Waals surface area contributed by atoms with Crippen molar-refractivity contribution in [2.45, 2.75) is 37.5 Å². The number of benzene rings is 3. The van der Waals surface area contributed by atoms with Gasteiger partial charge in [0.15, 0.2) is 0 Å². The smallest absolute Gasteiger partial charge is 0.133 e. The molecule has 0 bridgehead atoms. The Morgan fingerprint density at radius 1 is 0.833 bits per heavy atom. The molecular formula is C27H27NO2. The van der Waals surface area contributed by atoms with Crippen molar-refractivity contribution in [1.82, 2.24) is 5.32 Å². The van der Waals surface area contributed by atoms with E-state index in [0.717, 1.165) is 37.0 Å². The van der Waals surface area contributed by atoms with Crippen molar-refractivity contribution < 1.29 is 9.15 Å². The predicted octanol–water partition coefficient (Wildman–Crippen LogP) is 5.90. The lowest BCUT2D eigenvalue weighted by Crippen LogP contribution is -2.41. The van der Waals surface area contributed by atoms with Crippen LogP contribution in [0.5, 0.6) is 0 Å². The first-order valence-corrected chi connectivity index (χ1v) is 10.8. The van der Waals surface area contributed by atoms with Crippen LogP contribution in [0.15, 0.2) is 95.6 Å². The van der Waals surface area contributed by atoms with Gasteiger partial charge < -0.3 is 14.5 Å². The van der Waals surface area contributed by atoms with Crippen LogP contribution in [0.4, 0.5) is 0 Å². The minimum atomic E-state index is 0.204. The van der Waals surface area contributed by atoms with Crippen molar-refractivity contribution in [1.29, 1.82) is 0 Å². The number of rotatable bonds is 6. The molecule has 1 aliphatic rings.